The molecule has 1 atom stereocenters. The van der Waals surface area contributed by atoms with Crippen molar-refractivity contribution in [3.8, 4) is 0 Å². The van der Waals surface area contributed by atoms with Crippen LogP contribution >= 0.6 is 0 Å². The van der Waals surface area contributed by atoms with E-state index in [1.165, 1.54) is 0 Å². The maximum Gasteiger partial charge on any atom is 0.309 e. The molecule has 0 aliphatic carbocycles. The number of carboxylic acid groups (broad SMARTS) is 1. The largest absolute Gasteiger partial charge is 0.481 e. The van der Waals surface area contributed by atoms with Crippen LogP contribution in [0.3, 0.4) is 0 Å². The molecular formula is C11H22O3. The highest BCUT2D eigenvalue weighted by Gasteiger charge is 2.35. The molecule has 1 unspecified atom stereocenters. The van der Waals surface area contributed by atoms with Crippen LogP contribution in [0.1, 0.15) is 40.0 Å². The molecule has 0 aliphatic heterocycles. The number of ether oxygens (including phenoxy) is 1. The van der Waals surface area contributed by atoms with Crippen LogP contribution in [0.4, 0.5) is 0 Å². The van der Waals surface area contributed by atoms with Crippen molar-refractivity contribution < 1.29 is 14.6 Å². The number of carbonyl (C=O) groups is 1. The van der Waals surface area contributed by atoms with Gasteiger partial charge in [-0.3, -0.25) is 4.79 Å². The van der Waals surface area contributed by atoms with E-state index in [1.807, 2.05) is 20.8 Å². The standard InChI is InChI=1S/C11H22O3/c1-9(2)11(3,10(12)13)7-5-6-8-14-4/h9H,5-8H2,1-4H3,(H,12,13). The molecule has 0 radical (unpaired) electrons. The molecule has 0 bridgehead atoms. The van der Waals surface area contributed by atoms with Crippen molar-refractivity contribution in [1.82, 2.24) is 0 Å². The van der Waals surface area contributed by atoms with Gasteiger partial charge >= 0.3 is 5.97 Å². The molecule has 0 aromatic rings. The summed E-state index contributed by atoms with van der Waals surface area (Å²) in [4.78, 5) is 11.1. The summed E-state index contributed by atoms with van der Waals surface area (Å²) in [5.41, 5.74) is -0.590. The summed E-state index contributed by atoms with van der Waals surface area (Å²) in [6, 6.07) is 0. The lowest BCUT2D eigenvalue weighted by atomic mass is 9.75. The van der Waals surface area contributed by atoms with Gasteiger partial charge in [0.1, 0.15) is 0 Å². The second-order valence-electron chi connectivity index (χ2n) is 4.33. The average Bonchev–Trinajstić information content (AvgIpc) is 2.11. The highest BCUT2D eigenvalue weighted by atomic mass is 16.5. The van der Waals surface area contributed by atoms with E-state index < -0.39 is 11.4 Å². The van der Waals surface area contributed by atoms with Gasteiger partial charge in [0.15, 0.2) is 0 Å². The van der Waals surface area contributed by atoms with Crippen LogP contribution in [0, 0.1) is 11.3 Å². The van der Waals surface area contributed by atoms with E-state index in [4.69, 9.17) is 9.84 Å². The van der Waals surface area contributed by atoms with Crippen LogP contribution in [0.5, 0.6) is 0 Å². The molecule has 0 saturated heterocycles. The number of unbranched alkanes of at least 4 members (excludes halogenated alkanes) is 1. The van der Waals surface area contributed by atoms with Crippen molar-refractivity contribution in [2.45, 2.75) is 40.0 Å². The molecular weight excluding hydrogens is 180 g/mol. The second kappa shape index (κ2) is 6.02. The normalized spacial score (nSPS) is 15.5. The van der Waals surface area contributed by atoms with Gasteiger partial charge in [-0.2, -0.15) is 0 Å². The zero-order chi connectivity index (χ0) is 11.2. The molecule has 0 spiro atoms. The van der Waals surface area contributed by atoms with Gasteiger partial charge in [-0.05, 0) is 25.7 Å². The van der Waals surface area contributed by atoms with Gasteiger partial charge in [-0.25, -0.2) is 0 Å². The lowest BCUT2D eigenvalue weighted by Gasteiger charge is -2.28. The molecule has 0 aliphatic rings. The predicted molar refractivity (Wildman–Crippen MR) is 56.3 cm³/mol. The molecule has 1 N–H and O–H groups in total. The summed E-state index contributed by atoms with van der Waals surface area (Å²) in [6.45, 7) is 6.47. The maximum absolute atomic E-state index is 11.1. The van der Waals surface area contributed by atoms with Gasteiger partial charge in [0.2, 0.25) is 0 Å². The maximum atomic E-state index is 11.1. The Hall–Kier alpha value is -0.570. The number of aliphatic carboxylic acids is 1. The van der Waals surface area contributed by atoms with Crippen LogP contribution in [0.2, 0.25) is 0 Å². The highest BCUT2D eigenvalue weighted by Crippen LogP contribution is 2.33. The fourth-order valence-electron chi connectivity index (χ4n) is 1.38. The third-order valence-corrected chi connectivity index (χ3v) is 3.06. The van der Waals surface area contributed by atoms with Gasteiger partial charge < -0.3 is 9.84 Å². The van der Waals surface area contributed by atoms with Crippen LogP contribution in [-0.4, -0.2) is 24.8 Å². The molecule has 0 saturated carbocycles. The van der Waals surface area contributed by atoms with E-state index in [0.717, 1.165) is 19.3 Å². The molecule has 0 fully saturated rings. The number of hydrogen-bond donors (Lipinski definition) is 1. The average molecular weight is 202 g/mol. The van der Waals surface area contributed by atoms with Crippen LogP contribution in [0.25, 0.3) is 0 Å². The van der Waals surface area contributed by atoms with Gasteiger partial charge in [0, 0.05) is 13.7 Å². The molecule has 3 heteroatoms. The molecule has 0 aromatic carbocycles. The van der Waals surface area contributed by atoms with E-state index in [0.29, 0.717) is 6.61 Å². The minimum Gasteiger partial charge on any atom is -0.481 e. The van der Waals surface area contributed by atoms with E-state index in [1.54, 1.807) is 7.11 Å². The summed E-state index contributed by atoms with van der Waals surface area (Å²) in [7, 11) is 1.67. The van der Waals surface area contributed by atoms with Crippen molar-refractivity contribution in [3.05, 3.63) is 0 Å². The SMILES string of the molecule is COCCCCC(C)(C(=O)O)C(C)C. The number of carboxylic acids is 1. The van der Waals surface area contributed by atoms with Gasteiger partial charge in [0.05, 0.1) is 5.41 Å². The Morgan fingerprint density at radius 1 is 1.43 bits per heavy atom. The van der Waals surface area contributed by atoms with Gasteiger partial charge in [0.25, 0.3) is 0 Å². The Kier molecular flexibility index (Phi) is 5.77. The zero-order valence-electron chi connectivity index (χ0n) is 9.67. The molecule has 14 heavy (non-hydrogen) atoms. The minimum absolute atomic E-state index is 0.169. The molecule has 0 rings (SSSR count). The summed E-state index contributed by atoms with van der Waals surface area (Å²) < 4.78 is 4.93. The van der Waals surface area contributed by atoms with E-state index >= 15 is 0 Å². The lowest BCUT2D eigenvalue weighted by Crippen LogP contribution is -2.33. The first-order chi connectivity index (χ1) is 6.45. The zero-order valence-corrected chi connectivity index (χ0v) is 9.67. The van der Waals surface area contributed by atoms with Crippen molar-refractivity contribution in [3.63, 3.8) is 0 Å². The topological polar surface area (TPSA) is 46.5 Å². The van der Waals surface area contributed by atoms with Crippen LogP contribution < -0.4 is 0 Å². The highest BCUT2D eigenvalue weighted by molar-refractivity contribution is 5.74. The number of hydrogen-bond acceptors (Lipinski definition) is 2. The quantitative estimate of drug-likeness (QED) is 0.645. The van der Waals surface area contributed by atoms with Crippen LogP contribution in [-0.2, 0) is 9.53 Å². The van der Waals surface area contributed by atoms with Gasteiger partial charge in [-0.1, -0.05) is 20.3 Å². The fourth-order valence-corrected chi connectivity index (χ4v) is 1.38. The minimum atomic E-state index is -0.690. The number of rotatable bonds is 7. The van der Waals surface area contributed by atoms with Crippen molar-refractivity contribution in [2.24, 2.45) is 11.3 Å². The Morgan fingerprint density at radius 2 is 2.00 bits per heavy atom. The van der Waals surface area contributed by atoms with Gasteiger partial charge in [-0.15, -0.1) is 0 Å². The third kappa shape index (κ3) is 3.66. The summed E-state index contributed by atoms with van der Waals surface area (Å²) in [5, 5.41) is 9.13. The van der Waals surface area contributed by atoms with Crippen molar-refractivity contribution >= 4 is 5.97 Å². The molecule has 0 amide bonds. The van der Waals surface area contributed by atoms with E-state index in [-0.39, 0.29) is 5.92 Å². The van der Waals surface area contributed by atoms with Crippen molar-refractivity contribution in [1.29, 1.82) is 0 Å². The summed E-state index contributed by atoms with van der Waals surface area (Å²) in [5.74, 6) is -0.521. The van der Waals surface area contributed by atoms with E-state index in [2.05, 4.69) is 0 Å². The molecule has 0 heterocycles. The Bertz CT molecular complexity index is 177. The Morgan fingerprint density at radius 3 is 2.36 bits per heavy atom. The molecule has 3 nitrogen and oxygen atoms in total. The predicted octanol–water partition coefficient (Wildman–Crippen LogP) is 2.55. The number of methoxy groups -OCH3 is 1. The lowest BCUT2D eigenvalue weighted by molar-refractivity contribution is -0.151. The summed E-state index contributed by atoms with van der Waals surface area (Å²) in [6.07, 6.45) is 2.57. The Balaban J connectivity index is 4.05. The first-order valence-corrected chi connectivity index (χ1v) is 5.17. The monoisotopic (exact) mass is 202 g/mol. The van der Waals surface area contributed by atoms with Crippen molar-refractivity contribution in [2.75, 3.05) is 13.7 Å². The fraction of sp³-hybridized carbons (Fsp3) is 0.909. The molecule has 0 aromatic heterocycles. The smallest absolute Gasteiger partial charge is 0.309 e. The Labute approximate surface area is 86.5 Å². The third-order valence-electron chi connectivity index (χ3n) is 3.06. The first-order valence-electron chi connectivity index (χ1n) is 5.17. The summed E-state index contributed by atoms with van der Waals surface area (Å²) >= 11 is 0. The van der Waals surface area contributed by atoms with E-state index in [9.17, 15) is 4.79 Å². The second-order valence-corrected chi connectivity index (χ2v) is 4.33. The first kappa shape index (κ1) is 13.4. The van der Waals surface area contributed by atoms with Crippen LogP contribution in [0.15, 0.2) is 0 Å². The molecule has 84 valence electrons.